The molecule has 0 amide bonds. The van der Waals surface area contributed by atoms with Gasteiger partial charge >= 0.3 is 5.69 Å². The Bertz CT molecular complexity index is 913. The zero-order chi connectivity index (χ0) is 26.3. The van der Waals surface area contributed by atoms with Crippen molar-refractivity contribution < 1.29 is 18.3 Å². The van der Waals surface area contributed by atoms with E-state index in [4.69, 9.17) is 35.7 Å². The number of nitrogens with two attached hydrogens (primary N) is 1. The molecule has 4 atom stereocenters. The van der Waals surface area contributed by atoms with Crippen molar-refractivity contribution in [3.63, 3.8) is 0 Å². The van der Waals surface area contributed by atoms with Crippen molar-refractivity contribution >= 4 is 34.1 Å². The first-order valence-electron chi connectivity index (χ1n) is 11.7. The van der Waals surface area contributed by atoms with Crippen LogP contribution in [0.1, 0.15) is 47.8 Å². The summed E-state index contributed by atoms with van der Waals surface area (Å²) in [7, 11) is -2.82. The molecule has 196 valence electrons. The highest BCUT2D eigenvalue weighted by Crippen LogP contribution is 2.47. The number of ether oxygens (including phenoxy) is 2. The molecule has 1 unspecified atom stereocenters. The third-order valence-corrected chi connectivity index (χ3v) is 17.2. The summed E-state index contributed by atoms with van der Waals surface area (Å²) in [4.78, 5) is 16.6. The highest BCUT2D eigenvalue weighted by Gasteiger charge is 2.60. The predicted octanol–water partition coefficient (Wildman–Crippen LogP) is 4.76. The minimum atomic E-state index is -2.28. The van der Waals surface area contributed by atoms with Gasteiger partial charge in [0.1, 0.15) is 23.6 Å². The molecular weight excluding hydrogens is 490 g/mol. The van der Waals surface area contributed by atoms with Crippen molar-refractivity contribution in [2.24, 2.45) is 0 Å². The number of rotatable bonds is 8. The Morgan fingerprint density at radius 2 is 1.71 bits per heavy atom. The molecule has 1 aliphatic rings. The summed E-state index contributed by atoms with van der Waals surface area (Å²) in [6, 6.07) is 1.56. The molecule has 0 bridgehead atoms. The van der Waals surface area contributed by atoms with Crippen molar-refractivity contribution in [2.75, 3.05) is 25.3 Å². The van der Waals surface area contributed by atoms with E-state index in [1.807, 2.05) is 0 Å². The third kappa shape index (κ3) is 5.79. The molecule has 2 rings (SSSR count). The Kier molecular flexibility index (Phi) is 8.63. The largest absolute Gasteiger partial charge is 0.414 e. The number of hydrogen-bond acceptors (Lipinski definition) is 7. The quantitative estimate of drug-likeness (QED) is 0.380. The van der Waals surface area contributed by atoms with Crippen molar-refractivity contribution in [1.82, 2.24) is 9.55 Å². The van der Waals surface area contributed by atoms with Crippen LogP contribution in [0.4, 0.5) is 5.82 Å². The average molecular weight is 534 g/mol. The molecule has 1 aliphatic heterocycles. The van der Waals surface area contributed by atoms with Crippen LogP contribution < -0.4 is 11.4 Å². The van der Waals surface area contributed by atoms with Crippen molar-refractivity contribution in [1.29, 1.82) is 0 Å². The lowest BCUT2D eigenvalue weighted by atomic mass is 9.98. The number of methoxy groups -OCH3 is 1. The molecule has 1 aromatic heterocycles. The number of anilines is 1. The minimum Gasteiger partial charge on any atom is -0.414 e. The first-order valence-corrected chi connectivity index (χ1v) is 18.1. The Labute approximate surface area is 211 Å². The summed E-state index contributed by atoms with van der Waals surface area (Å²) < 4.78 is 27.5. The van der Waals surface area contributed by atoms with E-state index in [1.54, 1.807) is 19.4 Å². The van der Waals surface area contributed by atoms with Crippen LogP contribution in [0.2, 0.25) is 36.3 Å². The lowest BCUT2D eigenvalue weighted by molar-refractivity contribution is -0.111. The fourth-order valence-corrected chi connectivity index (χ4v) is 6.02. The van der Waals surface area contributed by atoms with Gasteiger partial charge in [-0.1, -0.05) is 41.5 Å². The molecule has 0 saturated carbocycles. The van der Waals surface area contributed by atoms with E-state index in [9.17, 15) is 4.79 Å². The number of alkyl halides is 1. The molecule has 1 saturated heterocycles. The second-order valence-corrected chi connectivity index (χ2v) is 22.1. The molecule has 8 nitrogen and oxygen atoms in total. The monoisotopic (exact) mass is 533 g/mol. The fourth-order valence-electron chi connectivity index (χ4n) is 3.35. The summed E-state index contributed by atoms with van der Waals surface area (Å²) in [5.74, 6) is 0.265. The number of hydrogen-bond donors (Lipinski definition) is 1. The van der Waals surface area contributed by atoms with Gasteiger partial charge in [0.15, 0.2) is 22.9 Å². The standard InChI is InChI=1S/C23H44ClN3O5Si2/c1-21(2,3)33(8,9)30-15-23(14-24)18(32-34(10,11)22(4,5)6)17(29-7)19(31-23)27-13-12-16(25)26-20(27)28/h12-13,17-19H,14-15H2,1-11H3,(H2,25,26,28)/t17-,18?,19+,23+/m0/s1. The number of nitrogen functional groups attached to an aromatic ring is 1. The van der Waals surface area contributed by atoms with Crippen molar-refractivity contribution in [2.45, 2.75) is 102 Å². The molecule has 1 fully saturated rings. The zero-order valence-electron chi connectivity index (χ0n) is 22.7. The van der Waals surface area contributed by atoms with Crippen LogP contribution in [0.3, 0.4) is 0 Å². The van der Waals surface area contributed by atoms with Crippen LogP contribution in [-0.2, 0) is 18.3 Å². The normalized spacial score (nSPS) is 26.8. The smallest absolute Gasteiger partial charge is 0.351 e. The molecule has 0 aliphatic carbocycles. The zero-order valence-corrected chi connectivity index (χ0v) is 25.4. The molecule has 34 heavy (non-hydrogen) atoms. The summed E-state index contributed by atoms with van der Waals surface area (Å²) in [5, 5.41) is -0.0475. The van der Waals surface area contributed by atoms with Gasteiger partial charge in [-0.05, 0) is 42.3 Å². The molecule has 2 heterocycles. The maximum Gasteiger partial charge on any atom is 0.351 e. The average Bonchev–Trinajstić information content (AvgIpc) is 2.97. The second kappa shape index (κ2) is 9.95. The summed E-state index contributed by atoms with van der Waals surface area (Å²) in [6.45, 7) is 22.1. The van der Waals surface area contributed by atoms with Gasteiger partial charge in [0.2, 0.25) is 0 Å². The van der Waals surface area contributed by atoms with Crippen molar-refractivity contribution in [3.8, 4) is 0 Å². The van der Waals surface area contributed by atoms with Crippen LogP contribution in [0, 0.1) is 0 Å². The maximum absolute atomic E-state index is 12.7. The van der Waals surface area contributed by atoms with E-state index >= 15 is 0 Å². The Hall–Kier alpha value is -0.756. The summed E-state index contributed by atoms with van der Waals surface area (Å²) in [6.07, 6.45) is -0.361. The van der Waals surface area contributed by atoms with Crippen LogP contribution in [-0.4, -0.2) is 63.6 Å². The van der Waals surface area contributed by atoms with Gasteiger partial charge in [0.25, 0.3) is 0 Å². The summed E-state index contributed by atoms with van der Waals surface area (Å²) in [5.41, 5.74) is 4.18. The lowest BCUT2D eigenvalue weighted by Crippen LogP contribution is -2.58. The molecule has 1 aromatic rings. The van der Waals surface area contributed by atoms with Crippen LogP contribution in [0.15, 0.2) is 17.1 Å². The van der Waals surface area contributed by atoms with Gasteiger partial charge in [-0.25, -0.2) is 4.79 Å². The van der Waals surface area contributed by atoms with Crippen molar-refractivity contribution in [3.05, 3.63) is 22.7 Å². The molecule has 0 aromatic carbocycles. The molecular formula is C23H44ClN3O5Si2. The number of halogens is 1. The van der Waals surface area contributed by atoms with Crippen LogP contribution >= 0.6 is 11.6 Å². The van der Waals surface area contributed by atoms with Gasteiger partial charge < -0.3 is 24.1 Å². The van der Waals surface area contributed by atoms with Gasteiger partial charge in [-0.3, -0.25) is 4.57 Å². The van der Waals surface area contributed by atoms with E-state index in [1.165, 1.54) is 4.57 Å². The Morgan fingerprint density at radius 3 is 2.15 bits per heavy atom. The maximum atomic E-state index is 12.7. The van der Waals surface area contributed by atoms with Gasteiger partial charge in [0, 0.05) is 13.3 Å². The van der Waals surface area contributed by atoms with Crippen LogP contribution in [0.25, 0.3) is 0 Å². The highest BCUT2D eigenvalue weighted by molar-refractivity contribution is 6.74. The third-order valence-electron chi connectivity index (χ3n) is 7.79. The van der Waals surface area contributed by atoms with E-state index in [-0.39, 0.29) is 28.4 Å². The first-order chi connectivity index (χ1) is 15.3. The van der Waals surface area contributed by atoms with Gasteiger partial charge in [0.05, 0.1) is 12.5 Å². The summed E-state index contributed by atoms with van der Waals surface area (Å²) >= 11 is 6.65. The lowest BCUT2D eigenvalue weighted by Gasteiger charge is -2.45. The molecule has 0 radical (unpaired) electrons. The van der Waals surface area contributed by atoms with E-state index < -0.39 is 46.4 Å². The van der Waals surface area contributed by atoms with E-state index in [2.05, 4.69) is 72.7 Å². The molecule has 0 spiro atoms. The number of nitrogens with zero attached hydrogens (tertiary/aromatic N) is 2. The Balaban J connectivity index is 2.59. The number of aromatic nitrogens is 2. The fraction of sp³-hybridized carbons (Fsp3) is 0.826. The molecule has 2 N–H and O–H groups in total. The molecule has 11 heteroatoms. The van der Waals surface area contributed by atoms with Crippen LogP contribution in [0.5, 0.6) is 0 Å². The predicted molar refractivity (Wildman–Crippen MR) is 142 cm³/mol. The second-order valence-electron chi connectivity index (χ2n) is 12.3. The highest BCUT2D eigenvalue weighted by atomic mass is 35.5. The van der Waals surface area contributed by atoms with Gasteiger partial charge in [-0.15, -0.1) is 11.6 Å². The Morgan fingerprint density at radius 1 is 1.15 bits per heavy atom. The topological polar surface area (TPSA) is 97.8 Å². The SMILES string of the molecule is CO[C@H]1C(O[Si](C)(C)C(C)(C)C)[C@@](CCl)(CO[Si](C)(C)C(C)(C)C)O[C@H]1n1ccc(N)nc1=O. The van der Waals surface area contributed by atoms with Gasteiger partial charge in [-0.2, -0.15) is 4.98 Å². The van der Waals surface area contributed by atoms with E-state index in [0.717, 1.165) is 0 Å². The minimum absolute atomic E-state index is 0.00671. The van der Waals surface area contributed by atoms with E-state index in [0.29, 0.717) is 0 Å². The first kappa shape index (κ1) is 29.5.